The summed E-state index contributed by atoms with van der Waals surface area (Å²) >= 11 is 6.00. The zero-order chi connectivity index (χ0) is 15.5. The van der Waals surface area contributed by atoms with E-state index in [4.69, 9.17) is 16.3 Å². The third-order valence-corrected chi connectivity index (χ3v) is 8.56. The molecule has 0 atom stereocenters. The number of benzene rings is 1. The predicted octanol–water partition coefficient (Wildman–Crippen LogP) is 3.05. The summed E-state index contributed by atoms with van der Waals surface area (Å²) in [5.41, 5.74) is 1.11. The Morgan fingerprint density at radius 3 is 2.48 bits per heavy atom. The second-order valence-corrected chi connectivity index (χ2v) is 8.38. The first-order valence-corrected chi connectivity index (χ1v) is 8.54. The lowest BCUT2D eigenvalue weighted by Gasteiger charge is -3.09. The van der Waals surface area contributed by atoms with E-state index in [0.29, 0.717) is 35.5 Å². The molecule has 0 bridgehead atoms. The molecule has 5 heteroatoms. The summed E-state index contributed by atoms with van der Waals surface area (Å²) in [6.45, 7) is 0. The minimum atomic E-state index is -0.365. The second-order valence-electron chi connectivity index (χ2n) is 7.98. The van der Waals surface area contributed by atoms with Gasteiger partial charge in [-0.3, -0.25) is 4.79 Å². The second kappa shape index (κ2) is 2.92. The van der Waals surface area contributed by atoms with Gasteiger partial charge in [-0.2, -0.15) is 0 Å². The van der Waals surface area contributed by atoms with E-state index in [9.17, 15) is 9.18 Å². The van der Waals surface area contributed by atoms with Crippen LogP contribution in [0.25, 0.3) is 10.9 Å². The van der Waals surface area contributed by atoms with Crippen LogP contribution in [0.15, 0.2) is 24.4 Å². The molecule has 0 unspecified atom stereocenters. The fraction of sp³-hybridized carbons (Fsp3) is 0.500. The molecule has 6 saturated carbocycles. The topological polar surface area (TPSA) is 31.2 Å². The third-order valence-electron chi connectivity index (χ3n) is 8.27. The Kier molecular flexibility index (Phi) is 1.51. The average Bonchev–Trinajstić information content (AvgIpc) is 2.96. The van der Waals surface area contributed by atoms with Crippen LogP contribution in [0, 0.1) is 46.7 Å². The third kappa shape index (κ3) is 0.733. The van der Waals surface area contributed by atoms with Crippen LogP contribution in [-0.2, 0) is 15.1 Å². The number of halogens is 2. The smallest absolute Gasteiger partial charge is 0.312 e. The number of methoxy groups -OCH3 is 1. The zero-order valence-electron chi connectivity index (χ0n) is 12.3. The van der Waals surface area contributed by atoms with E-state index in [0.717, 1.165) is 10.9 Å². The maximum absolute atomic E-state index is 13.7. The van der Waals surface area contributed by atoms with E-state index in [2.05, 4.69) is 10.8 Å². The molecular weight excluding hydrogens is 317 g/mol. The van der Waals surface area contributed by atoms with Crippen molar-refractivity contribution in [1.82, 2.24) is 4.57 Å². The molecule has 0 spiro atoms. The van der Waals surface area contributed by atoms with Crippen LogP contribution < -0.4 is 0 Å². The number of fused-ring (bicyclic) bond motifs is 1. The molecule has 0 radical (unpaired) electrons. The van der Waals surface area contributed by atoms with Crippen molar-refractivity contribution in [3.8, 4) is 0 Å². The first-order valence-electron chi connectivity index (χ1n) is 8.16. The van der Waals surface area contributed by atoms with Crippen molar-refractivity contribution in [3.63, 3.8) is 0 Å². The molecule has 3 nitrogen and oxygen atoms in total. The van der Waals surface area contributed by atoms with Crippen LogP contribution in [0.4, 0.5) is 4.39 Å². The van der Waals surface area contributed by atoms with E-state index in [1.54, 1.807) is 6.07 Å². The zero-order valence-corrected chi connectivity index (χ0v) is 13.0. The van der Waals surface area contributed by atoms with Gasteiger partial charge < -0.3 is 9.30 Å². The molecule has 1 aromatic carbocycles. The van der Waals surface area contributed by atoms with Crippen LogP contribution in [0.2, 0.25) is 5.02 Å². The van der Waals surface area contributed by atoms with E-state index in [-0.39, 0.29) is 27.8 Å². The van der Waals surface area contributed by atoms with Gasteiger partial charge in [0.15, 0.2) is 0 Å². The minimum Gasteiger partial charge on any atom is -0.469 e. The number of ether oxygens (including phenoxy) is 1. The molecule has 0 amide bonds. The summed E-state index contributed by atoms with van der Waals surface area (Å²) in [7, 11) is 1.51. The summed E-state index contributed by atoms with van der Waals surface area (Å²) in [4.78, 5) is 12.2. The van der Waals surface area contributed by atoms with Crippen molar-refractivity contribution in [3.05, 3.63) is 35.2 Å². The Morgan fingerprint density at radius 1 is 1.22 bits per heavy atom. The summed E-state index contributed by atoms with van der Waals surface area (Å²) < 4.78 is 21.1. The summed E-state index contributed by atoms with van der Waals surface area (Å²) in [5, 5.41) is 1.09. The average molecular weight is 330 g/mol. The van der Waals surface area contributed by atoms with Gasteiger partial charge in [-0.1, -0.05) is 11.6 Å². The van der Waals surface area contributed by atoms with Gasteiger partial charge in [-0.25, -0.2) is 4.39 Å². The molecule has 1 aromatic heterocycles. The van der Waals surface area contributed by atoms with Gasteiger partial charge in [-0.15, -0.1) is 0 Å². The summed E-state index contributed by atoms with van der Waals surface area (Å²) in [6.07, 6.45) is 2.09. The minimum absolute atomic E-state index is 0.0250. The number of carbonyl (C=O) groups excluding carboxylic acids is 1. The number of hydrogen-bond acceptors (Lipinski definition) is 2. The van der Waals surface area contributed by atoms with Crippen molar-refractivity contribution in [1.29, 1.82) is 0 Å². The highest BCUT2D eigenvalue weighted by atomic mass is 35.5. The van der Waals surface area contributed by atoms with Gasteiger partial charge in [0.25, 0.3) is 0 Å². The lowest BCUT2D eigenvalue weighted by Crippen LogP contribution is -3.13. The first-order chi connectivity index (χ1) is 11.1. The standard InChI is InChI=1S/C18H13ClFNO2/c1-23-16(22)17-10-13-11(17)15-12(17)14(10)18(13,15)21-3-2-6-4-8(20)7(19)5-9(6)21/h2-5,10-15H,1H3. The maximum atomic E-state index is 13.7. The number of aromatic nitrogens is 1. The van der Waals surface area contributed by atoms with Gasteiger partial charge in [0.05, 0.1) is 28.6 Å². The van der Waals surface area contributed by atoms with Crippen LogP contribution in [0.1, 0.15) is 0 Å². The molecule has 0 aliphatic heterocycles. The van der Waals surface area contributed by atoms with Crippen LogP contribution in [0.3, 0.4) is 0 Å². The number of hydrogen-bond donors (Lipinski definition) is 0. The summed E-state index contributed by atoms with van der Waals surface area (Å²) in [5.74, 6) is 3.09. The number of nitrogens with zero attached hydrogens (tertiary/aromatic N) is 1. The molecule has 2 aromatic rings. The van der Waals surface area contributed by atoms with Crippen molar-refractivity contribution < 1.29 is 13.9 Å². The van der Waals surface area contributed by atoms with E-state index >= 15 is 0 Å². The quantitative estimate of drug-likeness (QED) is 0.793. The van der Waals surface area contributed by atoms with E-state index in [1.165, 1.54) is 13.2 Å². The molecule has 23 heavy (non-hydrogen) atoms. The van der Waals surface area contributed by atoms with Gasteiger partial charge >= 0.3 is 5.97 Å². The van der Waals surface area contributed by atoms with Gasteiger partial charge in [0, 0.05) is 11.6 Å². The van der Waals surface area contributed by atoms with Crippen molar-refractivity contribution >= 4 is 28.5 Å². The Hall–Kier alpha value is -1.55. The Morgan fingerprint density at radius 2 is 1.87 bits per heavy atom. The van der Waals surface area contributed by atoms with Crippen LogP contribution in [-0.4, -0.2) is 17.6 Å². The largest absolute Gasteiger partial charge is 0.469 e. The van der Waals surface area contributed by atoms with Crippen molar-refractivity contribution in [2.75, 3.05) is 7.11 Å². The molecule has 6 aliphatic rings. The number of esters is 1. The summed E-state index contributed by atoms with van der Waals surface area (Å²) in [6, 6.07) is 5.25. The van der Waals surface area contributed by atoms with Gasteiger partial charge in [0.1, 0.15) is 5.82 Å². The number of rotatable bonds is 2. The fourth-order valence-corrected chi connectivity index (χ4v) is 8.16. The predicted molar refractivity (Wildman–Crippen MR) is 80.3 cm³/mol. The number of carbonyl (C=O) groups is 1. The Labute approximate surface area is 136 Å². The van der Waals surface area contributed by atoms with Crippen LogP contribution in [0.5, 0.6) is 0 Å². The molecule has 0 N–H and O–H groups in total. The molecule has 8 rings (SSSR count). The highest BCUT2D eigenvalue weighted by molar-refractivity contribution is 6.31. The molecule has 6 fully saturated rings. The molecular formula is C18H13ClFNO2. The Balaban J connectivity index is 1.37. The first kappa shape index (κ1) is 11.9. The highest BCUT2D eigenvalue weighted by Crippen LogP contribution is 3.09. The highest BCUT2D eigenvalue weighted by Gasteiger charge is 3.12. The molecule has 0 saturated heterocycles. The van der Waals surface area contributed by atoms with E-state index in [1.807, 2.05) is 6.07 Å². The normalized spacial score (nSPS) is 51.8. The SMILES string of the molecule is COC(=O)C12C3C4C1C1C2C3C41n1ccc2cc(F)c(Cl)cc21. The monoisotopic (exact) mass is 329 g/mol. The fourth-order valence-electron chi connectivity index (χ4n) is 8.00. The van der Waals surface area contributed by atoms with Gasteiger partial charge in [-0.05, 0) is 53.7 Å². The molecule has 6 aliphatic carbocycles. The lowest BCUT2D eigenvalue weighted by atomic mass is 8.94. The van der Waals surface area contributed by atoms with Crippen LogP contribution >= 0.6 is 11.6 Å². The van der Waals surface area contributed by atoms with Gasteiger partial charge in [0.2, 0.25) is 0 Å². The molecule has 1 heterocycles. The molecule has 116 valence electrons. The van der Waals surface area contributed by atoms with Crippen molar-refractivity contribution in [2.45, 2.75) is 5.54 Å². The lowest BCUT2D eigenvalue weighted by molar-refractivity contribution is -0.630. The Bertz CT molecular complexity index is 925. The van der Waals surface area contributed by atoms with E-state index < -0.39 is 0 Å². The maximum Gasteiger partial charge on any atom is 0.312 e. The van der Waals surface area contributed by atoms with Crippen molar-refractivity contribution in [2.24, 2.45) is 40.9 Å².